The fraction of sp³-hybridized carbons (Fsp3) is 0.583. The molecule has 0 aromatic carbocycles. The Labute approximate surface area is 193 Å². The molecule has 2 heterocycles. The Morgan fingerprint density at radius 3 is 1.82 bits per heavy atom. The van der Waals surface area contributed by atoms with E-state index in [2.05, 4.69) is 60.1 Å². The van der Waals surface area contributed by atoms with Gasteiger partial charge in [0.1, 0.15) is 6.20 Å². The van der Waals surface area contributed by atoms with E-state index < -0.39 is 0 Å². The molecule has 0 saturated heterocycles. The number of aryl methyl sites for hydroxylation is 2. The summed E-state index contributed by atoms with van der Waals surface area (Å²) in [6, 6.07) is 8.90. The monoisotopic (exact) mass is 512 g/mol. The third-order valence-corrected chi connectivity index (χ3v) is 5.11. The van der Waals surface area contributed by atoms with Crippen LogP contribution in [-0.4, -0.2) is 4.98 Å². The largest absolute Gasteiger partial charge is 1.00 e. The summed E-state index contributed by atoms with van der Waals surface area (Å²) >= 11 is 0. The molecule has 0 aliphatic rings. The second-order valence-corrected chi connectivity index (χ2v) is 7.46. The van der Waals surface area contributed by atoms with Crippen molar-refractivity contribution >= 4 is 17.0 Å². The highest BCUT2D eigenvalue weighted by atomic mass is 79.9. The second-order valence-electron chi connectivity index (χ2n) is 7.46. The van der Waals surface area contributed by atoms with Gasteiger partial charge in [-0.25, -0.2) is 4.57 Å². The van der Waals surface area contributed by atoms with Crippen LogP contribution in [-0.2, 0) is 12.8 Å². The zero-order valence-corrected chi connectivity index (χ0v) is 21.0. The molecule has 158 valence electrons. The van der Waals surface area contributed by atoms with Crippen molar-refractivity contribution in [3.8, 4) is 5.82 Å². The number of rotatable bonds is 13. The van der Waals surface area contributed by atoms with Crippen LogP contribution in [0.2, 0.25) is 0 Å². The third-order valence-electron chi connectivity index (χ3n) is 5.11. The predicted molar refractivity (Wildman–Crippen MR) is 121 cm³/mol. The summed E-state index contributed by atoms with van der Waals surface area (Å²) in [7, 11) is 0. The van der Waals surface area contributed by atoms with E-state index in [0.29, 0.717) is 0 Å². The molecular formula is C24H38Br2N2. The van der Waals surface area contributed by atoms with E-state index in [1.54, 1.807) is 0 Å². The fourth-order valence-electron chi connectivity index (χ4n) is 3.40. The Morgan fingerprint density at radius 2 is 1.25 bits per heavy atom. The van der Waals surface area contributed by atoms with Gasteiger partial charge >= 0.3 is 5.82 Å². The summed E-state index contributed by atoms with van der Waals surface area (Å²) in [5.74, 6) is 1.03. The molecule has 2 aromatic heterocycles. The second kappa shape index (κ2) is 17.1. The lowest BCUT2D eigenvalue weighted by atomic mass is 10.1. The molecule has 2 aromatic rings. The molecule has 0 radical (unpaired) electrons. The van der Waals surface area contributed by atoms with E-state index in [1.807, 2.05) is 6.20 Å². The number of aromatic nitrogens is 2. The minimum Gasteiger partial charge on any atom is -1.00 e. The van der Waals surface area contributed by atoms with E-state index in [0.717, 1.165) is 12.2 Å². The Kier molecular flexibility index (Phi) is 16.7. The van der Waals surface area contributed by atoms with Crippen molar-refractivity contribution in [2.45, 2.75) is 90.9 Å². The van der Waals surface area contributed by atoms with Gasteiger partial charge in [0.15, 0.2) is 0 Å². The molecule has 0 N–H and O–H groups in total. The Bertz CT molecular complexity index is 614. The topological polar surface area (TPSA) is 16.8 Å². The standard InChI is InChI=1S/C24H37N2.2BrH/c1-3-5-7-9-11-13-22-16-19-26(20-17-22)24-21-23(15-18-25-24)14-12-10-8-6-4-2;;/h15-21H,3-14H2,1-2H3;2*1H/q+1;;/p-1. The van der Waals surface area contributed by atoms with Crippen molar-refractivity contribution < 1.29 is 21.5 Å². The zero-order valence-electron chi connectivity index (χ0n) is 17.7. The Morgan fingerprint density at radius 1 is 0.714 bits per heavy atom. The number of halogens is 2. The molecule has 0 amide bonds. The summed E-state index contributed by atoms with van der Waals surface area (Å²) in [5, 5.41) is 0. The smallest absolute Gasteiger partial charge is 0.327 e. The van der Waals surface area contributed by atoms with Crippen LogP contribution in [0.15, 0.2) is 42.9 Å². The lowest BCUT2D eigenvalue weighted by Crippen LogP contribution is -3.00. The fourth-order valence-corrected chi connectivity index (χ4v) is 3.40. The van der Waals surface area contributed by atoms with Crippen LogP contribution in [0.5, 0.6) is 0 Å². The average Bonchev–Trinajstić information content (AvgIpc) is 2.68. The Hall–Kier alpha value is -0.740. The maximum atomic E-state index is 4.56. The van der Waals surface area contributed by atoms with Crippen LogP contribution in [0, 0.1) is 0 Å². The quantitative estimate of drug-likeness (QED) is 0.292. The summed E-state index contributed by atoms with van der Waals surface area (Å²) in [6.07, 6.45) is 22.0. The number of nitrogens with zero attached hydrogens (tertiary/aromatic N) is 2. The molecule has 0 unspecified atom stereocenters. The molecule has 0 bridgehead atoms. The number of hydrogen-bond donors (Lipinski definition) is 0. The molecule has 2 nitrogen and oxygen atoms in total. The van der Waals surface area contributed by atoms with Gasteiger partial charge in [0.25, 0.3) is 0 Å². The van der Waals surface area contributed by atoms with Crippen LogP contribution >= 0.6 is 17.0 Å². The van der Waals surface area contributed by atoms with E-state index in [-0.39, 0.29) is 34.0 Å². The first kappa shape index (κ1) is 27.3. The van der Waals surface area contributed by atoms with Gasteiger partial charge in [-0.1, -0.05) is 65.2 Å². The molecule has 0 aliphatic carbocycles. The maximum Gasteiger partial charge on any atom is 0.327 e. The highest BCUT2D eigenvalue weighted by Gasteiger charge is 2.08. The SMILES string of the molecule is Br.CCCCCCCc1cc[n+](-c2cc(CCCCCCC)ccn2)cc1.[Br-]. The van der Waals surface area contributed by atoms with Crippen molar-refractivity contribution in [1.29, 1.82) is 0 Å². The van der Waals surface area contributed by atoms with Gasteiger partial charge < -0.3 is 17.0 Å². The van der Waals surface area contributed by atoms with Crippen LogP contribution < -0.4 is 21.5 Å². The van der Waals surface area contributed by atoms with Gasteiger partial charge in [-0.3, -0.25) is 0 Å². The van der Waals surface area contributed by atoms with Crippen molar-refractivity contribution in [1.82, 2.24) is 4.98 Å². The molecule has 2 rings (SSSR count). The molecule has 0 atom stereocenters. The van der Waals surface area contributed by atoms with Gasteiger partial charge in [-0.2, -0.15) is 0 Å². The van der Waals surface area contributed by atoms with Crippen molar-refractivity contribution in [3.05, 3.63) is 54.0 Å². The van der Waals surface area contributed by atoms with E-state index in [1.165, 1.54) is 81.8 Å². The van der Waals surface area contributed by atoms with Crippen LogP contribution in [0.3, 0.4) is 0 Å². The predicted octanol–water partition coefficient (Wildman–Crippen LogP) is 3.97. The zero-order chi connectivity index (χ0) is 18.5. The van der Waals surface area contributed by atoms with Crippen LogP contribution in [0.25, 0.3) is 5.82 Å². The maximum absolute atomic E-state index is 4.56. The van der Waals surface area contributed by atoms with Gasteiger partial charge in [-0.05, 0) is 60.0 Å². The molecule has 0 spiro atoms. The summed E-state index contributed by atoms with van der Waals surface area (Å²) in [6.45, 7) is 4.54. The van der Waals surface area contributed by atoms with E-state index in [9.17, 15) is 0 Å². The molecule has 0 aliphatic heterocycles. The third kappa shape index (κ3) is 10.7. The number of unbranched alkanes of at least 4 members (excludes halogenated alkanes) is 8. The average molecular weight is 514 g/mol. The summed E-state index contributed by atoms with van der Waals surface area (Å²) < 4.78 is 2.14. The van der Waals surface area contributed by atoms with E-state index >= 15 is 0 Å². The van der Waals surface area contributed by atoms with Crippen LogP contribution in [0.4, 0.5) is 0 Å². The van der Waals surface area contributed by atoms with Crippen molar-refractivity contribution in [2.24, 2.45) is 0 Å². The number of pyridine rings is 2. The number of hydrogen-bond acceptors (Lipinski definition) is 1. The first-order valence-corrected chi connectivity index (χ1v) is 10.8. The lowest BCUT2D eigenvalue weighted by molar-refractivity contribution is -0.599. The molecule has 0 fully saturated rings. The van der Waals surface area contributed by atoms with Crippen molar-refractivity contribution in [3.63, 3.8) is 0 Å². The minimum absolute atomic E-state index is 0. The highest BCUT2D eigenvalue weighted by molar-refractivity contribution is 8.93. The highest BCUT2D eigenvalue weighted by Crippen LogP contribution is 2.11. The summed E-state index contributed by atoms with van der Waals surface area (Å²) in [4.78, 5) is 4.56. The van der Waals surface area contributed by atoms with Crippen LogP contribution in [0.1, 0.15) is 89.2 Å². The van der Waals surface area contributed by atoms with Gasteiger partial charge in [0.05, 0.1) is 12.4 Å². The molecule has 4 heteroatoms. The van der Waals surface area contributed by atoms with Crippen molar-refractivity contribution in [2.75, 3.05) is 0 Å². The molecule has 0 saturated carbocycles. The Balaban J connectivity index is 0.00000364. The normalized spacial score (nSPS) is 10.2. The molecule has 28 heavy (non-hydrogen) atoms. The summed E-state index contributed by atoms with van der Waals surface area (Å²) in [5.41, 5.74) is 2.84. The first-order chi connectivity index (χ1) is 12.8. The van der Waals surface area contributed by atoms with E-state index in [4.69, 9.17) is 0 Å². The van der Waals surface area contributed by atoms with Gasteiger partial charge in [0.2, 0.25) is 0 Å². The van der Waals surface area contributed by atoms with Gasteiger partial charge in [0, 0.05) is 6.07 Å². The molecular weight excluding hydrogens is 476 g/mol. The lowest BCUT2D eigenvalue weighted by Gasteiger charge is -2.04. The first-order valence-electron chi connectivity index (χ1n) is 10.8. The minimum atomic E-state index is 0. The van der Waals surface area contributed by atoms with Gasteiger partial charge in [-0.15, -0.1) is 17.0 Å².